The van der Waals surface area contributed by atoms with Gasteiger partial charge in [-0.15, -0.1) is 0 Å². The highest BCUT2D eigenvalue weighted by atomic mass is 16.3. The molecule has 0 aliphatic heterocycles. The molecule has 2 aromatic heterocycles. The van der Waals surface area contributed by atoms with Gasteiger partial charge in [-0.25, -0.2) is 0 Å². The molecule has 2 rings (SSSR count). The van der Waals surface area contributed by atoms with Gasteiger partial charge < -0.3 is 10.1 Å². The summed E-state index contributed by atoms with van der Waals surface area (Å²) in [7, 11) is 0. The average molecular weight is 202 g/mol. The molecule has 0 aromatic carbocycles. The van der Waals surface area contributed by atoms with E-state index in [0.29, 0.717) is 11.1 Å². The number of hydrogen-bond donors (Lipinski definition) is 2. The van der Waals surface area contributed by atoms with Crippen molar-refractivity contribution in [2.75, 3.05) is 0 Å². The van der Waals surface area contributed by atoms with Gasteiger partial charge in [-0.2, -0.15) is 0 Å². The number of aromatic amines is 1. The van der Waals surface area contributed by atoms with Crippen LogP contribution in [0.5, 0.6) is 0 Å². The molecule has 0 unspecified atom stereocenters. The first-order valence-electron chi connectivity index (χ1n) is 4.55. The predicted molar refractivity (Wildman–Crippen MR) is 56.2 cm³/mol. The molecule has 15 heavy (non-hydrogen) atoms. The van der Waals surface area contributed by atoms with E-state index in [0.717, 1.165) is 5.56 Å². The summed E-state index contributed by atoms with van der Waals surface area (Å²) in [5.41, 5.74) is 1.64. The van der Waals surface area contributed by atoms with E-state index in [1.165, 1.54) is 0 Å². The monoisotopic (exact) mass is 202 g/mol. The minimum absolute atomic E-state index is 0.265. The first-order chi connectivity index (χ1) is 7.33. The van der Waals surface area contributed by atoms with Gasteiger partial charge in [0.05, 0.1) is 12.2 Å². The van der Waals surface area contributed by atoms with E-state index in [2.05, 4.69) is 9.97 Å². The molecule has 2 N–H and O–H groups in total. The van der Waals surface area contributed by atoms with Crippen LogP contribution in [0.2, 0.25) is 0 Å². The summed E-state index contributed by atoms with van der Waals surface area (Å²) >= 11 is 0. The molecule has 4 heteroatoms. The summed E-state index contributed by atoms with van der Waals surface area (Å²) in [6.45, 7) is -0.277. The molecular weight excluding hydrogens is 192 g/mol. The zero-order chi connectivity index (χ0) is 10.7. The highest BCUT2D eigenvalue weighted by molar-refractivity contribution is 5.65. The summed E-state index contributed by atoms with van der Waals surface area (Å²) in [4.78, 5) is 17.9. The fourth-order valence-electron chi connectivity index (χ4n) is 1.46. The van der Waals surface area contributed by atoms with Crippen molar-refractivity contribution >= 4 is 0 Å². The van der Waals surface area contributed by atoms with Gasteiger partial charge >= 0.3 is 0 Å². The molecule has 0 fully saturated rings. The zero-order valence-electron chi connectivity index (χ0n) is 7.97. The van der Waals surface area contributed by atoms with Gasteiger partial charge in [0.1, 0.15) is 0 Å². The van der Waals surface area contributed by atoms with Crippen molar-refractivity contribution in [2.24, 2.45) is 0 Å². The molecule has 0 amide bonds. The molecule has 2 heterocycles. The second kappa shape index (κ2) is 4.06. The summed E-state index contributed by atoms with van der Waals surface area (Å²) < 4.78 is 0. The van der Waals surface area contributed by atoms with E-state index in [1.807, 2.05) is 6.07 Å². The van der Waals surface area contributed by atoms with Gasteiger partial charge in [0, 0.05) is 24.2 Å². The van der Waals surface area contributed by atoms with E-state index in [9.17, 15) is 4.79 Å². The minimum atomic E-state index is -0.277. The Balaban J connectivity index is 2.63. The van der Waals surface area contributed by atoms with Gasteiger partial charge in [0.25, 0.3) is 5.56 Å². The Morgan fingerprint density at radius 1 is 1.40 bits per heavy atom. The smallest absolute Gasteiger partial charge is 0.254 e. The van der Waals surface area contributed by atoms with Crippen LogP contribution >= 0.6 is 0 Å². The number of aliphatic hydroxyl groups is 1. The van der Waals surface area contributed by atoms with E-state index < -0.39 is 0 Å². The Bertz CT molecular complexity index is 505. The fraction of sp³-hybridized carbons (Fsp3) is 0.0909. The Morgan fingerprint density at radius 2 is 2.27 bits per heavy atom. The Morgan fingerprint density at radius 3 is 2.93 bits per heavy atom. The maximum absolute atomic E-state index is 11.4. The minimum Gasteiger partial charge on any atom is -0.391 e. The van der Waals surface area contributed by atoms with Crippen molar-refractivity contribution in [3.05, 3.63) is 52.7 Å². The summed E-state index contributed by atoms with van der Waals surface area (Å²) in [5, 5.41) is 9.12. The lowest BCUT2D eigenvalue weighted by Gasteiger charge is -2.04. The molecule has 0 atom stereocenters. The van der Waals surface area contributed by atoms with Gasteiger partial charge in [-0.05, 0) is 17.7 Å². The quantitative estimate of drug-likeness (QED) is 0.761. The molecule has 2 aromatic rings. The van der Waals surface area contributed by atoms with E-state index >= 15 is 0 Å². The van der Waals surface area contributed by atoms with Crippen molar-refractivity contribution in [1.29, 1.82) is 0 Å². The molecule has 0 radical (unpaired) electrons. The second-order valence-electron chi connectivity index (χ2n) is 3.10. The first-order valence-corrected chi connectivity index (χ1v) is 4.55. The van der Waals surface area contributed by atoms with E-state index in [1.54, 1.807) is 30.7 Å². The van der Waals surface area contributed by atoms with Crippen LogP contribution in [0.1, 0.15) is 5.56 Å². The normalized spacial score (nSPS) is 10.2. The van der Waals surface area contributed by atoms with Crippen LogP contribution in [0, 0.1) is 0 Å². The maximum atomic E-state index is 11.4. The van der Waals surface area contributed by atoms with Gasteiger partial charge in [-0.3, -0.25) is 9.78 Å². The largest absolute Gasteiger partial charge is 0.391 e. The van der Waals surface area contributed by atoms with Crippen molar-refractivity contribution in [2.45, 2.75) is 6.61 Å². The predicted octanol–water partition coefficient (Wildman–Crippen LogP) is 0.929. The van der Waals surface area contributed by atoms with Crippen molar-refractivity contribution in [1.82, 2.24) is 9.97 Å². The fourth-order valence-corrected chi connectivity index (χ4v) is 1.46. The van der Waals surface area contributed by atoms with Crippen LogP contribution in [0.3, 0.4) is 0 Å². The number of nitrogens with one attached hydrogen (secondary N) is 1. The van der Waals surface area contributed by atoms with Gasteiger partial charge in [0.15, 0.2) is 0 Å². The van der Waals surface area contributed by atoms with Crippen molar-refractivity contribution in [3.63, 3.8) is 0 Å². The van der Waals surface area contributed by atoms with Crippen LogP contribution in [0.15, 0.2) is 41.6 Å². The third-order valence-electron chi connectivity index (χ3n) is 2.19. The Hall–Kier alpha value is -1.94. The van der Waals surface area contributed by atoms with Gasteiger partial charge in [-0.1, -0.05) is 6.07 Å². The lowest BCUT2D eigenvalue weighted by Crippen LogP contribution is -2.13. The molecule has 0 saturated heterocycles. The van der Waals surface area contributed by atoms with Crippen molar-refractivity contribution in [3.8, 4) is 11.1 Å². The molecule has 0 saturated carbocycles. The third-order valence-corrected chi connectivity index (χ3v) is 2.19. The highest BCUT2D eigenvalue weighted by Gasteiger charge is 2.07. The molecule has 0 aliphatic carbocycles. The Labute approximate surface area is 86.2 Å². The summed E-state index contributed by atoms with van der Waals surface area (Å²) in [5.74, 6) is 0. The van der Waals surface area contributed by atoms with Crippen LogP contribution in [0.25, 0.3) is 11.1 Å². The highest BCUT2D eigenvalue weighted by Crippen LogP contribution is 2.19. The lowest BCUT2D eigenvalue weighted by atomic mass is 10.0. The lowest BCUT2D eigenvalue weighted by molar-refractivity contribution is 0.280. The number of hydrogen-bond acceptors (Lipinski definition) is 3. The number of H-pyrrole nitrogens is 1. The maximum Gasteiger partial charge on any atom is 0.254 e. The first kappa shape index (κ1) is 9.61. The zero-order valence-corrected chi connectivity index (χ0v) is 7.97. The van der Waals surface area contributed by atoms with Crippen LogP contribution in [-0.2, 0) is 6.61 Å². The topological polar surface area (TPSA) is 66.0 Å². The molecule has 0 spiro atoms. The van der Waals surface area contributed by atoms with E-state index in [-0.39, 0.29) is 12.2 Å². The summed E-state index contributed by atoms with van der Waals surface area (Å²) in [6.07, 6.45) is 4.88. The molecular formula is C11H10N2O2. The number of rotatable bonds is 2. The SMILES string of the molecule is O=c1[nH]ccc(-c2cccnc2)c1CO. The van der Waals surface area contributed by atoms with Crippen molar-refractivity contribution < 1.29 is 5.11 Å². The number of nitrogens with zero attached hydrogens (tertiary/aromatic N) is 1. The van der Waals surface area contributed by atoms with Crippen LogP contribution in [0.4, 0.5) is 0 Å². The molecule has 0 aliphatic rings. The van der Waals surface area contributed by atoms with Crippen LogP contribution in [-0.4, -0.2) is 15.1 Å². The third kappa shape index (κ3) is 1.80. The number of aliphatic hydroxyl groups excluding tert-OH is 1. The van der Waals surface area contributed by atoms with Gasteiger partial charge in [0.2, 0.25) is 0 Å². The molecule has 76 valence electrons. The number of aromatic nitrogens is 2. The standard InChI is InChI=1S/C11H10N2O2/c14-7-10-9(3-5-13-11(10)15)8-2-1-4-12-6-8/h1-6,14H,7H2,(H,13,15). The Kier molecular flexibility index (Phi) is 2.60. The second-order valence-corrected chi connectivity index (χ2v) is 3.10. The molecule has 4 nitrogen and oxygen atoms in total. The average Bonchev–Trinajstić information content (AvgIpc) is 2.30. The van der Waals surface area contributed by atoms with E-state index in [4.69, 9.17) is 5.11 Å². The molecule has 0 bridgehead atoms. The summed E-state index contributed by atoms with van der Waals surface area (Å²) in [6, 6.07) is 5.39. The number of pyridine rings is 2. The van der Waals surface area contributed by atoms with Crippen LogP contribution < -0.4 is 5.56 Å².